The van der Waals surface area contributed by atoms with E-state index in [0.717, 1.165) is 0 Å². The van der Waals surface area contributed by atoms with E-state index in [2.05, 4.69) is 0 Å². The Balaban J connectivity index is 3.07. The van der Waals surface area contributed by atoms with Crippen LogP contribution in [0.15, 0.2) is 0 Å². The lowest BCUT2D eigenvalue weighted by molar-refractivity contribution is -0.374. The summed E-state index contributed by atoms with van der Waals surface area (Å²) in [5.41, 5.74) is 0. The summed E-state index contributed by atoms with van der Waals surface area (Å²) in [4.78, 5) is -0.0651. The minimum Gasteiger partial charge on any atom is -0.242 e. The van der Waals surface area contributed by atoms with E-state index < -0.39 is 30.9 Å². The molecule has 1 heterocycles. The molecule has 7 heteroatoms. The van der Waals surface area contributed by atoms with Crippen molar-refractivity contribution in [1.82, 2.24) is 4.90 Å². The monoisotopic (exact) mass is 207 g/mol. The molecule has 0 unspecified atom stereocenters. The predicted molar refractivity (Wildman–Crippen MR) is 32.1 cm³/mol. The Bertz CT molecular complexity index is 213. The highest BCUT2D eigenvalue weighted by molar-refractivity contribution is 4.99. The number of nitrogens with zero attached hydrogens (tertiary/aromatic N) is 1. The van der Waals surface area contributed by atoms with Gasteiger partial charge in [0.05, 0.1) is 0 Å². The van der Waals surface area contributed by atoms with Crippen LogP contribution in [0, 0.1) is 0 Å². The van der Waals surface area contributed by atoms with Crippen LogP contribution in [0.1, 0.15) is 6.42 Å². The largest absolute Gasteiger partial charge is 0.386 e. The third-order valence-electron chi connectivity index (χ3n) is 2.08. The summed E-state index contributed by atoms with van der Waals surface area (Å²) in [6, 6.07) is -4.78. The lowest BCUT2D eigenvalue weighted by atomic mass is 10.0. The summed E-state index contributed by atoms with van der Waals surface area (Å²) in [7, 11) is 0.684. The molecule has 1 aliphatic heterocycles. The normalized spacial score (nSPS) is 31.6. The van der Waals surface area contributed by atoms with Crippen LogP contribution in [0.3, 0.4) is 0 Å². The number of halogens is 6. The first-order valence-corrected chi connectivity index (χ1v) is 3.47. The lowest BCUT2D eigenvalue weighted by Crippen LogP contribution is -2.66. The van der Waals surface area contributed by atoms with Crippen molar-refractivity contribution in [3.63, 3.8) is 0 Å². The zero-order valence-corrected chi connectivity index (χ0v) is 6.63. The van der Waals surface area contributed by atoms with Gasteiger partial charge in [-0.25, -0.2) is 4.90 Å². The van der Waals surface area contributed by atoms with E-state index in [1.807, 2.05) is 0 Å². The Hall–Kier alpha value is -0.460. The molecular formula is C6H7F6N. The number of likely N-dealkylation sites (tertiary alicyclic amines) is 1. The van der Waals surface area contributed by atoms with Crippen molar-refractivity contribution in [3.8, 4) is 0 Å². The van der Waals surface area contributed by atoms with Gasteiger partial charge in [-0.1, -0.05) is 0 Å². The second-order valence-corrected chi connectivity index (χ2v) is 2.99. The summed E-state index contributed by atoms with van der Waals surface area (Å²) in [6.45, 7) is -0.754. The average Bonchev–Trinajstić information content (AvgIpc) is 1.97. The molecule has 1 fully saturated rings. The fourth-order valence-electron chi connectivity index (χ4n) is 1.07. The molecule has 0 aromatic carbocycles. The van der Waals surface area contributed by atoms with E-state index in [0.29, 0.717) is 7.05 Å². The highest BCUT2D eigenvalue weighted by Crippen LogP contribution is 2.51. The standard InChI is InChI=1S/C6H7F6N/c1-13-3-2-4(7,8)5(9,10)6(13,11)12/h2-3H2,1H3. The van der Waals surface area contributed by atoms with Gasteiger partial charge in [0.25, 0.3) is 0 Å². The minimum atomic E-state index is -5.30. The maximum Gasteiger partial charge on any atom is 0.386 e. The summed E-state index contributed by atoms with van der Waals surface area (Å²) in [5, 5.41) is 0. The van der Waals surface area contributed by atoms with Crippen LogP contribution < -0.4 is 0 Å². The van der Waals surface area contributed by atoms with Crippen molar-refractivity contribution < 1.29 is 26.3 Å². The highest BCUT2D eigenvalue weighted by Gasteiger charge is 2.75. The van der Waals surface area contributed by atoms with E-state index in [9.17, 15) is 26.3 Å². The predicted octanol–water partition coefficient (Wildman–Crippen LogP) is 2.19. The maximum atomic E-state index is 12.6. The van der Waals surface area contributed by atoms with E-state index in [1.54, 1.807) is 0 Å². The van der Waals surface area contributed by atoms with Crippen LogP contribution in [-0.2, 0) is 0 Å². The molecule has 0 amide bonds. The molecule has 0 aromatic rings. The molecule has 1 nitrogen and oxygen atoms in total. The summed E-state index contributed by atoms with van der Waals surface area (Å²) in [6.07, 6.45) is -1.26. The van der Waals surface area contributed by atoms with Gasteiger partial charge >= 0.3 is 17.9 Å². The smallest absolute Gasteiger partial charge is 0.242 e. The van der Waals surface area contributed by atoms with Crippen LogP contribution >= 0.6 is 0 Å². The van der Waals surface area contributed by atoms with E-state index in [-0.39, 0.29) is 4.90 Å². The molecule has 0 N–H and O–H groups in total. The van der Waals surface area contributed by atoms with Crippen molar-refractivity contribution in [1.29, 1.82) is 0 Å². The average molecular weight is 207 g/mol. The topological polar surface area (TPSA) is 3.24 Å². The molecule has 1 aliphatic rings. The Morgan fingerprint density at radius 3 is 1.85 bits per heavy atom. The van der Waals surface area contributed by atoms with Gasteiger partial charge in [-0.3, -0.25) is 0 Å². The molecule has 0 spiro atoms. The Labute approximate surface area is 70.3 Å². The molecular weight excluding hydrogens is 200 g/mol. The van der Waals surface area contributed by atoms with E-state index in [4.69, 9.17) is 0 Å². The number of hydrogen-bond donors (Lipinski definition) is 0. The van der Waals surface area contributed by atoms with Crippen molar-refractivity contribution >= 4 is 0 Å². The molecule has 0 saturated carbocycles. The second kappa shape index (κ2) is 2.52. The van der Waals surface area contributed by atoms with Gasteiger partial charge in [-0.2, -0.15) is 26.3 Å². The summed E-state index contributed by atoms with van der Waals surface area (Å²) < 4.78 is 74.9. The number of hydrogen-bond acceptors (Lipinski definition) is 1. The first-order valence-electron chi connectivity index (χ1n) is 3.47. The minimum absolute atomic E-state index is 0.0651. The van der Waals surface area contributed by atoms with Crippen molar-refractivity contribution in [2.75, 3.05) is 13.6 Å². The third-order valence-corrected chi connectivity index (χ3v) is 2.08. The summed E-state index contributed by atoms with van der Waals surface area (Å²) in [5.74, 6) is -9.93. The van der Waals surface area contributed by atoms with E-state index >= 15 is 0 Å². The fraction of sp³-hybridized carbons (Fsp3) is 1.00. The zero-order chi connectivity index (χ0) is 10.5. The van der Waals surface area contributed by atoms with E-state index in [1.165, 1.54) is 0 Å². The molecule has 13 heavy (non-hydrogen) atoms. The van der Waals surface area contributed by atoms with Crippen LogP contribution in [-0.4, -0.2) is 36.4 Å². The van der Waals surface area contributed by atoms with Crippen LogP contribution in [0.2, 0.25) is 0 Å². The molecule has 0 bridgehead atoms. The quantitative estimate of drug-likeness (QED) is 0.434. The lowest BCUT2D eigenvalue weighted by Gasteiger charge is -2.42. The van der Waals surface area contributed by atoms with Crippen LogP contribution in [0.4, 0.5) is 26.3 Å². The van der Waals surface area contributed by atoms with Crippen molar-refractivity contribution in [2.45, 2.75) is 24.3 Å². The summed E-state index contributed by atoms with van der Waals surface area (Å²) >= 11 is 0. The number of piperidine rings is 1. The molecule has 0 aromatic heterocycles. The first kappa shape index (κ1) is 10.6. The SMILES string of the molecule is CN1CCC(F)(F)C(F)(F)C1(F)F. The maximum absolute atomic E-state index is 12.6. The van der Waals surface area contributed by atoms with Gasteiger partial charge < -0.3 is 0 Å². The van der Waals surface area contributed by atoms with Gasteiger partial charge in [0.15, 0.2) is 0 Å². The van der Waals surface area contributed by atoms with Crippen LogP contribution in [0.5, 0.6) is 0 Å². The fourth-order valence-corrected chi connectivity index (χ4v) is 1.07. The second-order valence-electron chi connectivity index (χ2n) is 2.99. The van der Waals surface area contributed by atoms with Crippen molar-refractivity contribution in [3.05, 3.63) is 0 Å². The van der Waals surface area contributed by atoms with Gasteiger partial charge in [0.2, 0.25) is 0 Å². The van der Waals surface area contributed by atoms with Crippen molar-refractivity contribution in [2.24, 2.45) is 0 Å². The molecule has 78 valence electrons. The van der Waals surface area contributed by atoms with Gasteiger partial charge in [-0.15, -0.1) is 0 Å². The number of rotatable bonds is 0. The third kappa shape index (κ3) is 1.20. The molecule has 1 rings (SSSR count). The van der Waals surface area contributed by atoms with Gasteiger partial charge in [-0.05, 0) is 7.05 Å². The molecule has 0 radical (unpaired) electrons. The zero-order valence-electron chi connectivity index (χ0n) is 6.63. The molecule has 1 saturated heterocycles. The Morgan fingerprint density at radius 2 is 1.46 bits per heavy atom. The molecule has 0 aliphatic carbocycles. The van der Waals surface area contributed by atoms with Gasteiger partial charge in [0, 0.05) is 13.0 Å². The first-order chi connectivity index (χ1) is 5.63. The Kier molecular flexibility index (Phi) is 2.06. The van der Waals surface area contributed by atoms with Crippen LogP contribution in [0.25, 0.3) is 0 Å². The highest BCUT2D eigenvalue weighted by atomic mass is 19.3. The number of alkyl halides is 6. The van der Waals surface area contributed by atoms with Gasteiger partial charge in [0.1, 0.15) is 0 Å². The molecule has 0 atom stereocenters. The Morgan fingerprint density at radius 1 is 1.00 bits per heavy atom.